The number of carbonyl (C=O) groups excluding carboxylic acids is 1. The van der Waals surface area contributed by atoms with Crippen molar-refractivity contribution in [1.29, 1.82) is 0 Å². The summed E-state index contributed by atoms with van der Waals surface area (Å²) in [6.45, 7) is 2.98. The third-order valence-corrected chi connectivity index (χ3v) is 0.993. The Labute approximate surface area is 76.4 Å². The molecular formula is C8H14O5. The number of Topliss-reactive ketones (excluding diaryl/α,β-unsaturated/α-hetero) is 1. The third-order valence-electron chi connectivity index (χ3n) is 0.993. The molecule has 0 saturated carbocycles. The van der Waals surface area contributed by atoms with Gasteiger partial charge in [0.25, 0.3) is 0 Å². The molecule has 0 heterocycles. The highest BCUT2D eigenvalue weighted by Crippen LogP contribution is 1.87. The van der Waals surface area contributed by atoms with E-state index >= 15 is 0 Å². The van der Waals surface area contributed by atoms with Crippen LogP contribution in [0.5, 0.6) is 0 Å². The van der Waals surface area contributed by atoms with Gasteiger partial charge in [-0.1, -0.05) is 6.92 Å². The zero-order valence-corrected chi connectivity index (χ0v) is 7.74. The average Bonchev–Trinajstić information content (AvgIpc) is 2.02. The van der Waals surface area contributed by atoms with E-state index in [1.165, 1.54) is 6.92 Å². The molecule has 0 bridgehead atoms. The summed E-state index contributed by atoms with van der Waals surface area (Å²) in [5, 5.41) is 15.7. The van der Waals surface area contributed by atoms with Gasteiger partial charge in [0.1, 0.15) is 5.78 Å². The summed E-state index contributed by atoms with van der Waals surface area (Å²) in [4.78, 5) is 29.2. The SMILES string of the molecule is CC(=O)CCC(=O)O.CCC(=O)O. The van der Waals surface area contributed by atoms with Crippen LogP contribution in [0.3, 0.4) is 0 Å². The van der Waals surface area contributed by atoms with Gasteiger partial charge in [0.15, 0.2) is 0 Å². The summed E-state index contributed by atoms with van der Waals surface area (Å²) in [7, 11) is 0. The Morgan fingerprint density at radius 3 is 1.46 bits per heavy atom. The monoisotopic (exact) mass is 190 g/mol. The number of ketones is 1. The van der Waals surface area contributed by atoms with Crippen LogP contribution in [0.1, 0.15) is 33.1 Å². The van der Waals surface area contributed by atoms with Crippen LogP contribution in [-0.2, 0) is 14.4 Å². The van der Waals surface area contributed by atoms with Crippen molar-refractivity contribution >= 4 is 17.7 Å². The third kappa shape index (κ3) is 25.0. The smallest absolute Gasteiger partial charge is 0.303 e. The first-order valence-electron chi connectivity index (χ1n) is 3.83. The maximum atomic E-state index is 10.1. The molecule has 0 atom stereocenters. The molecule has 0 aliphatic carbocycles. The van der Waals surface area contributed by atoms with Crippen molar-refractivity contribution in [3.8, 4) is 0 Å². The van der Waals surface area contributed by atoms with Gasteiger partial charge in [-0.05, 0) is 6.92 Å². The van der Waals surface area contributed by atoms with Crippen LogP contribution in [0.25, 0.3) is 0 Å². The summed E-state index contributed by atoms with van der Waals surface area (Å²) in [6, 6.07) is 0. The maximum Gasteiger partial charge on any atom is 0.303 e. The Balaban J connectivity index is 0. The number of carbonyl (C=O) groups is 3. The Morgan fingerprint density at radius 1 is 1.00 bits per heavy atom. The van der Waals surface area contributed by atoms with E-state index < -0.39 is 11.9 Å². The molecule has 0 aromatic heterocycles. The average molecular weight is 190 g/mol. The van der Waals surface area contributed by atoms with Gasteiger partial charge in [-0.2, -0.15) is 0 Å². The van der Waals surface area contributed by atoms with Crippen molar-refractivity contribution in [2.45, 2.75) is 33.1 Å². The maximum absolute atomic E-state index is 10.1. The summed E-state index contributed by atoms with van der Waals surface area (Å²) >= 11 is 0. The molecule has 0 rings (SSSR count). The largest absolute Gasteiger partial charge is 0.481 e. The molecule has 0 saturated heterocycles. The van der Waals surface area contributed by atoms with Crippen LogP contribution in [0.4, 0.5) is 0 Å². The molecule has 0 unspecified atom stereocenters. The van der Waals surface area contributed by atoms with Crippen LogP contribution in [-0.4, -0.2) is 27.9 Å². The van der Waals surface area contributed by atoms with Gasteiger partial charge in [-0.3, -0.25) is 9.59 Å². The van der Waals surface area contributed by atoms with Crippen LogP contribution in [0.2, 0.25) is 0 Å². The quantitative estimate of drug-likeness (QED) is 0.687. The number of carboxylic acid groups (broad SMARTS) is 2. The van der Waals surface area contributed by atoms with E-state index in [9.17, 15) is 14.4 Å². The Hall–Kier alpha value is -1.39. The van der Waals surface area contributed by atoms with Crippen molar-refractivity contribution in [3.63, 3.8) is 0 Å². The van der Waals surface area contributed by atoms with Crippen molar-refractivity contribution in [1.82, 2.24) is 0 Å². The molecule has 0 amide bonds. The second-order valence-electron chi connectivity index (χ2n) is 2.34. The molecule has 0 radical (unpaired) electrons. The van der Waals surface area contributed by atoms with Gasteiger partial charge in [0.05, 0.1) is 6.42 Å². The molecular weight excluding hydrogens is 176 g/mol. The normalized spacial score (nSPS) is 8.15. The second-order valence-corrected chi connectivity index (χ2v) is 2.34. The van der Waals surface area contributed by atoms with Crippen molar-refractivity contribution < 1.29 is 24.6 Å². The standard InChI is InChI=1S/C5H8O3.C3H6O2/c1-4(6)2-3-5(7)8;1-2-3(4)5/h2-3H2,1H3,(H,7,8);2H2,1H3,(H,4,5). The molecule has 0 spiro atoms. The molecule has 76 valence electrons. The Morgan fingerprint density at radius 2 is 1.38 bits per heavy atom. The van der Waals surface area contributed by atoms with Crippen molar-refractivity contribution in [2.75, 3.05) is 0 Å². The van der Waals surface area contributed by atoms with E-state index in [4.69, 9.17) is 10.2 Å². The van der Waals surface area contributed by atoms with E-state index in [1.54, 1.807) is 6.92 Å². The summed E-state index contributed by atoms with van der Waals surface area (Å²) in [5.41, 5.74) is 0. The second kappa shape index (κ2) is 8.70. The van der Waals surface area contributed by atoms with E-state index in [1.807, 2.05) is 0 Å². The predicted octanol–water partition coefficient (Wildman–Crippen LogP) is 0.921. The summed E-state index contributed by atoms with van der Waals surface area (Å²) in [6.07, 6.45) is 0.324. The van der Waals surface area contributed by atoms with Crippen LogP contribution in [0, 0.1) is 0 Å². The molecule has 5 heteroatoms. The van der Waals surface area contributed by atoms with Gasteiger partial charge in [0, 0.05) is 12.8 Å². The van der Waals surface area contributed by atoms with E-state index in [2.05, 4.69) is 0 Å². The highest BCUT2D eigenvalue weighted by molar-refractivity contribution is 5.80. The van der Waals surface area contributed by atoms with Crippen molar-refractivity contribution in [2.24, 2.45) is 0 Å². The van der Waals surface area contributed by atoms with Crippen LogP contribution in [0.15, 0.2) is 0 Å². The first kappa shape index (κ1) is 14.2. The molecule has 0 aromatic rings. The summed E-state index contributed by atoms with van der Waals surface area (Å²) in [5.74, 6) is -1.74. The van der Waals surface area contributed by atoms with Gasteiger partial charge in [0.2, 0.25) is 0 Å². The lowest BCUT2D eigenvalue weighted by Crippen LogP contribution is -1.98. The molecule has 5 nitrogen and oxygen atoms in total. The van der Waals surface area contributed by atoms with Crippen molar-refractivity contribution in [3.05, 3.63) is 0 Å². The lowest BCUT2D eigenvalue weighted by atomic mass is 10.2. The van der Waals surface area contributed by atoms with E-state index in [0.29, 0.717) is 0 Å². The number of aliphatic carboxylic acids is 2. The van der Waals surface area contributed by atoms with E-state index in [-0.39, 0.29) is 25.0 Å². The Bertz CT molecular complexity index is 171. The Kier molecular flexibility index (Phi) is 9.48. The fourth-order valence-electron chi connectivity index (χ4n) is 0.283. The number of carboxylic acids is 2. The molecule has 2 N–H and O–H groups in total. The topological polar surface area (TPSA) is 91.7 Å². The van der Waals surface area contributed by atoms with Gasteiger partial charge < -0.3 is 15.0 Å². The zero-order chi connectivity index (χ0) is 10.9. The zero-order valence-electron chi connectivity index (χ0n) is 7.74. The van der Waals surface area contributed by atoms with E-state index in [0.717, 1.165) is 0 Å². The van der Waals surface area contributed by atoms with Crippen LogP contribution >= 0.6 is 0 Å². The minimum atomic E-state index is -0.916. The highest BCUT2D eigenvalue weighted by Gasteiger charge is 1.97. The lowest BCUT2D eigenvalue weighted by molar-refractivity contribution is -0.138. The minimum absolute atomic E-state index is 0.0463. The fraction of sp³-hybridized carbons (Fsp3) is 0.625. The fourth-order valence-corrected chi connectivity index (χ4v) is 0.283. The van der Waals surface area contributed by atoms with Gasteiger partial charge in [-0.15, -0.1) is 0 Å². The highest BCUT2D eigenvalue weighted by atomic mass is 16.4. The first-order valence-corrected chi connectivity index (χ1v) is 3.83. The first-order chi connectivity index (χ1) is 5.90. The molecule has 13 heavy (non-hydrogen) atoms. The van der Waals surface area contributed by atoms with Gasteiger partial charge >= 0.3 is 11.9 Å². The molecule has 0 aliphatic rings. The number of hydrogen-bond acceptors (Lipinski definition) is 3. The number of hydrogen-bond donors (Lipinski definition) is 2. The van der Waals surface area contributed by atoms with Crippen LogP contribution < -0.4 is 0 Å². The minimum Gasteiger partial charge on any atom is -0.481 e. The predicted molar refractivity (Wildman–Crippen MR) is 45.5 cm³/mol. The molecule has 0 fully saturated rings. The summed E-state index contributed by atoms with van der Waals surface area (Å²) < 4.78 is 0. The molecule has 0 aliphatic heterocycles. The molecule has 0 aromatic carbocycles. The number of rotatable bonds is 4. The van der Waals surface area contributed by atoms with Gasteiger partial charge in [-0.25, -0.2) is 0 Å². The lowest BCUT2D eigenvalue weighted by Gasteiger charge is -1.86.